The fourth-order valence-electron chi connectivity index (χ4n) is 14.8. The second-order valence-electron chi connectivity index (χ2n) is 41.5. The molecule has 830 valence electrons. The van der Waals surface area contributed by atoms with Crippen molar-refractivity contribution in [1.82, 2.24) is 0 Å². The number of rotatable bonds is 40. The summed E-state index contributed by atoms with van der Waals surface area (Å²) in [6.45, 7) is 67.0. The third-order valence-corrected chi connectivity index (χ3v) is 26.7. The van der Waals surface area contributed by atoms with Gasteiger partial charge in [-0.2, -0.15) is 39.5 Å². The third kappa shape index (κ3) is 38.4. The Kier molecular flexibility index (Phi) is 48.2. The minimum atomic E-state index is -4.82. The molecule has 6 aromatic rings. The van der Waals surface area contributed by atoms with Crippen LogP contribution in [0.1, 0.15) is 311 Å². The minimum Gasteiger partial charge on any atom is -0.423 e. The summed E-state index contributed by atoms with van der Waals surface area (Å²) in [5, 5.41) is 60.0. The van der Waals surface area contributed by atoms with Gasteiger partial charge in [0.2, 0.25) is 0 Å². The van der Waals surface area contributed by atoms with Crippen LogP contribution in [0.4, 0.5) is 39.5 Å². The maximum absolute atomic E-state index is 13.1. The number of hydrogen-bond donors (Lipinski definition) is 6. The molecule has 2 aliphatic carbocycles. The Balaban J connectivity index is 0.000000460. The van der Waals surface area contributed by atoms with Crippen LogP contribution < -0.4 is 28.4 Å². The van der Waals surface area contributed by atoms with Crippen LogP contribution in [0.15, 0.2) is 219 Å². The van der Waals surface area contributed by atoms with Gasteiger partial charge in [0.15, 0.2) is 16.8 Å². The average molecular weight is 2110 g/mol. The molecule has 0 aromatic heterocycles. The minimum absolute atomic E-state index is 0.246. The first-order valence-electron chi connectivity index (χ1n) is 49.5. The molecule has 24 nitrogen and oxygen atoms in total. The Bertz CT molecular complexity index is 5260. The molecule has 2 aliphatic rings. The van der Waals surface area contributed by atoms with Crippen LogP contribution in [-0.2, 0) is 90.8 Å². The van der Waals surface area contributed by atoms with Gasteiger partial charge >= 0.3 is 54.3 Å². The zero-order valence-electron chi connectivity index (χ0n) is 92.0. The molecule has 0 amide bonds. The van der Waals surface area contributed by atoms with Crippen LogP contribution in [0.2, 0.25) is 0 Å². The van der Waals surface area contributed by atoms with Gasteiger partial charge in [-0.25, -0.2) is 28.8 Å². The SMILES string of the molecule is C=C(C)C(=O)Oc1ccc(C(C)(C)OC(C)C(C)(O)C(F)(F)F)cc1.C=C(C)C(=O)Oc1ccc(C(CC)(CC)OC(C)C(C)(O)C(F)(F)F)cc1.C=C(C)C(=O)Oc1ccc(C2(OC(C)C(C)(O)C(F)(F)F)CCCC2)cc1.C=C(C)C(=O)Oc1cccc(C(C)(C)OC(C)C(C)(C)O)c1.C=C(C)C(=O)Oc1cccc(C(CC)(CC)OC(C)C(C)(C)O)c1.C=C(C)C(=O)Oc1cccc(C2(OC(C)C(C)(C)O)CCCC2)c1. The lowest BCUT2D eigenvalue weighted by Crippen LogP contribution is -2.54. The molecule has 0 radical (unpaired) electrons. The van der Waals surface area contributed by atoms with E-state index >= 15 is 0 Å². The zero-order chi connectivity index (χ0) is 115. The quantitative estimate of drug-likeness (QED) is 0.00901. The lowest BCUT2D eigenvalue weighted by Gasteiger charge is -2.41. The van der Waals surface area contributed by atoms with Crippen molar-refractivity contribution in [3.05, 3.63) is 252 Å². The number of ether oxygens (including phenoxy) is 12. The Hall–Kier alpha value is -10.5. The van der Waals surface area contributed by atoms with Crippen molar-refractivity contribution in [2.45, 2.75) is 400 Å². The Morgan fingerprint density at radius 2 is 0.530 bits per heavy atom. The second kappa shape index (κ2) is 54.1. The van der Waals surface area contributed by atoms with Crippen molar-refractivity contribution in [3.8, 4) is 34.5 Å². The van der Waals surface area contributed by atoms with E-state index in [1.54, 1.807) is 181 Å². The van der Waals surface area contributed by atoms with E-state index in [2.05, 4.69) is 39.5 Å². The van der Waals surface area contributed by atoms with Crippen LogP contribution in [0.25, 0.3) is 0 Å². The number of hydrogen-bond acceptors (Lipinski definition) is 24. The summed E-state index contributed by atoms with van der Waals surface area (Å²) in [5.74, 6) is -0.735. The highest BCUT2D eigenvalue weighted by Crippen LogP contribution is 2.50. The van der Waals surface area contributed by atoms with Crippen LogP contribution in [-0.4, -0.2) is 155 Å². The van der Waals surface area contributed by atoms with Crippen LogP contribution in [0.3, 0.4) is 0 Å². The highest BCUT2D eigenvalue weighted by atomic mass is 19.4. The molecule has 0 spiro atoms. The smallest absolute Gasteiger partial charge is 0.419 e. The Morgan fingerprint density at radius 3 is 0.852 bits per heavy atom. The van der Waals surface area contributed by atoms with E-state index in [9.17, 15) is 98.9 Å². The average Bonchev–Trinajstić information content (AvgIpc) is 1.67. The van der Waals surface area contributed by atoms with E-state index in [4.69, 9.17) is 56.8 Å². The van der Waals surface area contributed by atoms with E-state index in [0.29, 0.717) is 102 Å². The fourth-order valence-corrected chi connectivity index (χ4v) is 14.8. The van der Waals surface area contributed by atoms with Crippen molar-refractivity contribution in [3.63, 3.8) is 0 Å². The molecule has 8 rings (SSSR count). The third-order valence-electron chi connectivity index (χ3n) is 26.7. The number of halogens is 9. The van der Waals surface area contributed by atoms with Gasteiger partial charge in [0.25, 0.3) is 0 Å². The topological polar surface area (TPSA) is 335 Å². The number of carbonyl (C=O) groups is 6. The van der Waals surface area contributed by atoms with Gasteiger partial charge in [0.1, 0.15) is 34.5 Å². The molecule has 9 unspecified atom stereocenters. The van der Waals surface area contributed by atoms with Gasteiger partial charge in [-0.3, -0.25) is 0 Å². The van der Waals surface area contributed by atoms with Gasteiger partial charge in [-0.05, 0) is 331 Å². The summed E-state index contributed by atoms with van der Waals surface area (Å²) < 4.78 is 185. The van der Waals surface area contributed by atoms with Gasteiger partial charge < -0.3 is 87.5 Å². The van der Waals surface area contributed by atoms with Crippen molar-refractivity contribution in [2.75, 3.05) is 0 Å². The summed E-state index contributed by atoms with van der Waals surface area (Å²) in [6, 6.07) is 41.1. The molecule has 0 aliphatic heterocycles. The summed E-state index contributed by atoms with van der Waals surface area (Å²) in [5.41, 5.74) is -9.92. The second-order valence-corrected chi connectivity index (χ2v) is 41.5. The molecule has 0 bridgehead atoms. The molecular formula is C116H159F9O24. The van der Waals surface area contributed by atoms with E-state index in [1.807, 2.05) is 90.9 Å². The number of aliphatic hydroxyl groups is 6. The normalized spacial score (nSPS) is 16.3. The molecule has 33 heteroatoms. The first-order valence-corrected chi connectivity index (χ1v) is 49.5. The predicted molar refractivity (Wildman–Crippen MR) is 554 cm³/mol. The fraction of sp³-hybridized carbons (Fsp3) is 0.534. The summed E-state index contributed by atoms with van der Waals surface area (Å²) in [4.78, 5) is 69.7. The maximum Gasteiger partial charge on any atom is 0.419 e. The number of carbonyl (C=O) groups excluding carboxylic acids is 6. The molecule has 9 atom stereocenters. The van der Waals surface area contributed by atoms with E-state index in [1.165, 1.54) is 46.8 Å². The standard InChI is InChI=1S/C20H25F3O4.C20H27F3O4.C20H28O4.C20H30O4.C18H23F3O4.C18H26O4/c1-13(2)17(24)26-16-9-7-15(8-10-16)19(11-5-6-12-19)27-14(3)18(4,25)20(21,22)23;1-7-19(8-2,27-14(5)18(6,25)20(21,22)23)15-9-11-16(12-10-15)26-17(24)13(3)4;1-14(2)18(21)23-17-10-8-9-16(13-17)20(11-6-7-12-20)24-15(3)19(4,5)22;1-8-20(9-2,24-15(5)19(6,7)22)16-11-10-12-17(13-16)23-18(21)14(3)4;1-11(2)15(22)24-14-9-7-13(8-10-14)16(4,5)25-12(3)17(6,23)18(19,20)21;1-12(2)16(19)21-15-10-8-9-14(11-15)18(6,7)22-13(3)17(4,5)20/h7-10,14,25H,1,5-6,11-12H2,2-4H3;9-12,14,25H,3,7-8H2,1-2,4-6H3;8-10,13,15,22H,1,6-7,11-12H2,2-5H3;10-13,15,22H,3,8-9H2,1-2,4-7H3;7-10,12,23H,1H2,2-6H3;8-11,13,20H,1H2,2-7H3. The van der Waals surface area contributed by atoms with E-state index in [-0.39, 0.29) is 40.8 Å². The largest absolute Gasteiger partial charge is 0.423 e. The van der Waals surface area contributed by atoms with Crippen molar-refractivity contribution in [1.29, 1.82) is 0 Å². The van der Waals surface area contributed by atoms with Crippen molar-refractivity contribution in [2.24, 2.45) is 0 Å². The highest BCUT2D eigenvalue weighted by Gasteiger charge is 2.59. The monoisotopic (exact) mass is 2110 g/mol. The first kappa shape index (κ1) is 133. The van der Waals surface area contributed by atoms with E-state index in [0.717, 1.165) is 81.9 Å². The number of benzene rings is 6. The van der Waals surface area contributed by atoms with Gasteiger partial charge in [-0.15, -0.1) is 0 Å². The molecule has 2 fully saturated rings. The number of alkyl halides is 9. The maximum atomic E-state index is 13.1. The molecule has 6 N–H and O–H groups in total. The van der Waals surface area contributed by atoms with Crippen LogP contribution in [0.5, 0.6) is 34.5 Å². The summed E-state index contributed by atoms with van der Waals surface area (Å²) in [7, 11) is 0. The van der Waals surface area contributed by atoms with Crippen molar-refractivity contribution >= 4 is 35.8 Å². The highest BCUT2D eigenvalue weighted by molar-refractivity contribution is 5.91. The zero-order valence-corrected chi connectivity index (χ0v) is 92.0. The predicted octanol–water partition coefficient (Wildman–Crippen LogP) is 25.7. The Morgan fingerprint density at radius 1 is 0.289 bits per heavy atom. The summed E-state index contributed by atoms with van der Waals surface area (Å²) in [6.07, 6.45) is -10.9. The number of esters is 6. The van der Waals surface area contributed by atoms with E-state index < -0.39 is 140 Å². The first-order chi connectivity index (χ1) is 68.0. The lowest BCUT2D eigenvalue weighted by molar-refractivity contribution is -0.301. The van der Waals surface area contributed by atoms with Crippen LogP contribution >= 0.6 is 0 Å². The van der Waals surface area contributed by atoms with Gasteiger partial charge in [0.05, 0.1) is 87.0 Å². The summed E-state index contributed by atoms with van der Waals surface area (Å²) >= 11 is 0. The van der Waals surface area contributed by atoms with Gasteiger partial charge in [-0.1, -0.05) is 166 Å². The molecule has 0 saturated heterocycles. The Labute approximate surface area is 873 Å². The van der Waals surface area contributed by atoms with Crippen molar-refractivity contribution < 1.29 is 156 Å². The molecule has 6 aromatic carbocycles. The molecular weight excluding hydrogens is 1950 g/mol. The molecule has 2 saturated carbocycles. The molecule has 149 heavy (non-hydrogen) atoms. The lowest BCUT2D eigenvalue weighted by atomic mass is 9.87. The van der Waals surface area contributed by atoms with Crippen LogP contribution in [0, 0.1) is 0 Å². The van der Waals surface area contributed by atoms with Gasteiger partial charge in [0, 0.05) is 33.4 Å². The molecule has 0 heterocycles.